The van der Waals surface area contributed by atoms with Gasteiger partial charge in [0, 0.05) is 5.57 Å². The Morgan fingerprint density at radius 3 is 1.73 bits per heavy atom. The first-order valence-corrected chi connectivity index (χ1v) is 7.77. The van der Waals surface area contributed by atoms with E-state index in [1.165, 1.54) is 14.2 Å². The number of Topliss-reactive ketones (excluding diaryl/α,β-unsaturated/α-hetero) is 1. The van der Waals surface area contributed by atoms with Gasteiger partial charge in [-0.3, -0.25) is 4.79 Å². The number of hydrogen-bond donors (Lipinski definition) is 0. The number of aliphatic imine (C=N–C) groups is 2. The molecule has 0 saturated heterocycles. The van der Waals surface area contributed by atoms with Gasteiger partial charge in [0.25, 0.3) is 5.78 Å². The van der Waals surface area contributed by atoms with Crippen LogP contribution in [-0.2, 0) is 14.3 Å². The lowest BCUT2D eigenvalue weighted by atomic mass is 10.1. The molecule has 0 fully saturated rings. The van der Waals surface area contributed by atoms with Crippen LogP contribution in [-0.4, -0.2) is 31.4 Å². The van der Waals surface area contributed by atoms with Crippen molar-refractivity contribution in [1.82, 2.24) is 0 Å². The topological polar surface area (TPSA) is 86.5 Å². The van der Waals surface area contributed by atoms with Crippen LogP contribution in [0.4, 0.5) is 0 Å². The molecule has 7 heteroatoms. The molecule has 1 aliphatic heterocycles. The second kappa shape index (κ2) is 6.36. The van der Waals surface area contributed by atoms with Gasteiger partial charge in [0.05, 0.1) is 26.7 Å². The Morgan fingerprint density at radius 2 is 1.35 bits per heavy atom. The largest absolute Gasteiger partial charge is 0.492 e. The zero-order valence-corrected chi connectivity index (χ0v) is 14.1. The van der Waals surface area contributed by atoms with Crippen molar-refractivity contribution >= 4 is 17.2 Å². The molecular weight excluding hydrogens is 336 g/mol. The fourth-order valence-electron chi connectivity index (χ4n) is 2.65. The molecule has 0 amide bonds. The van der Waals surface area contributed by atoms with Gasteiger partial charge in [0.15, 0.2) is 28.9 Å². The van der Waals surface area contributed by atoms with Crippen LogP contribution in [0.1, 0.15) is 11.5 Å². The summed E-state index contributed by atoms with van der Waals surface area (Å²) in [7, 11) is 2.85. The molecule has 7 nitrogen and oxygen atoms in total. The van der Waals surface area contributed by atoms with Crippen LogP contribution >= 0.6 is 0 Å². The Hall–Kier alpha value is -3.61. The lowest BCUT2D eigenvalue weighted by molar-refractivity contribution is -0.117. The monoisotopic (exact) mass is 350 g/mol. The number of carbonyl (C=O) groups is 1. The summed E-state index contributed by atoms with van der Waals surface area (Å²) in [6.07, 6.45) is 6.29. The number of allylic oxidation sites excluding steroid dienone is 3. The minimum Gasteiger partial charge on any atom is -0.492 e. The van der Waals surface area contributed by atoms with Gasteiger partial charge in [-0.1, -0.05) is 0 Å². The molecule has 1 aliphatic carbocycles. The highest BCUT2D eigenvalue weighted by molar-refractivity contribution is 6.53. The number of hydrogen-bond acceptors (Lipinski definition) is 7. The van der Waals surface area contributed by atoms with Crippen molar-refractivity contribution in [2.45, 2.75) is 0 Å². The molecule has 0 bridgehead atoms. The third kappa shape index (κ3) is 2.59. The number of ether oxygens (including phenoxy) is 2. The fourth-order valence-corrected chi connectivity index (χ4v) is 2.65. The molecular formula is C19H14N2O5. The van der Waals surface area contributed by atoms with Gasteiger partial charge in [-0.15, -0.1) is 0 Å². The highest BCUT2D eigenvalue weighted by Gasteiger charge is 2.28. The van der Waals surface area contributed by atoms with E-state index < -0.39 is 0 Å². The average Bonchev–Trinajstić information content (AvgIpc) is 3.41. The minimum absolute atomic E-state index is 0.156. The van der Waals surface area contributed by atoms with Crippen LogP contribution in [0.25, 0.3) is 0 Å². The molecule has 130 valence electrons. The Bertz CT molecular complexity index is 924. The summed E-state index contributed by atoms with van der Waals surface area (Å²) < 4.78 is 21.2. The van der Waals surface area contributed by atoms with E-state index in [1.54, 1.807) is 48.9 Å². The van der Waals surface area contributed by atoms with Crippen LogP contribution in [0.2, 0.25) is 0 Å². The molecule has 0 radical (unpaired) electrons. The van der Waals surface area contributed by atoms with Gasteiger partial charge in [-0.2, -0.15) is 0 Å². The molecule has 0 spiro atoms. The summed E-state index contributed by atoms with van der Waals surface area (Å²) in [4.78, 5) is 21.3. The van der Waals surface area contributed by atoms with E-state index in [1.807, 2.05) is 0 Å². The smallest absolute Gasteiger partial charge is 0.261 e. The highest BCUT2D eigenvalue weighted by Crippen LogP contribution is 2.28. The van der Waals surface area contributed by atoms with Crippen LogP contribution in [0, 0.1) is 0 Å². The first kappa shape index (κ1) is 15.9. The van der Waals surface area contributed by atoms with Gasteiger partial charge in [-0.25, -0.2) is 9.98 Å². The predicted molar refractivity (Wildman–Crippen MR) is 92.7 cm³/mol. The Labute approximate surface area is 148 Å². The first-order valence-electron chi connectivity index (χ1n) is 7.77. The van der Waals surface area contributed by atoms with E-state index >= 15 is 0 Å². The second-order valence-electron chi connectivity index (χ2n) is 5.41. The van der Waals surface area contributed by atoms with E-state index in [0.717, 1.165) is 0 Å². The Kier molecular flexibility index (Phi) is 3.89. The van der Waals surface area contributed by atoms with Crippen molar-refractivity contribution in [3.8, 4) is 0 Å². The summed E-state index contributed by atoms with van der Waals surface area (Å²) in [5.74, 6) is 1.51. The van der Waals surface area contributed by atoms with Gasteiger partial charge in [0.2, 0.25) is 0 Å². The van der Waals surface area contributed by atoms with E-state index in [0.29, 0.717) is 34.3 Å². The number of ketones is 1. The summed E-state index contributed by atoms with van der Waals surface area (Å²) in [6.45, 7) is 0. The maximum absolute atomic E-state index is 12.1. The lowest BCUT2D eigenvalue weighted by Crippen LogP contribution is -2.13. The molecule has 3 heterocycles. The first-order chi connectivity index (χ1) is 12.7. The third-order valence-corrected chi connectivity index (χ3v) is 3.89. The van der Waals surface area contributed by atoms with Crippen molar-refractivity contribution in [1.29, 1.82) is 0 Å². The number of carbonyl (C=O) groups excluding carboxylic acids is 1. The van der Waals surface area contributed by atoms with Gasteiger partial charge in [-0.05, 0) is 36.4 Å². The van der Waals surface area contributed by atoms with Gasteiger partial charge >= 0.3 is 0 Å². The molecule has 0 unspecified atom stereocenters. The van der Waals surface area contributed by atoms with Crippen LogP contribution in [0.3, 0.4) is 0 Å². The molecule has 0 atom stereocenters. The van der Waals surface area contributed by atoms with Gasteiger partial charge in [0.1, 0.15) is 11.4 Å². The van der Waals surface area contributed by atoms with Crippen LogP contribution in [0.15, 0.2) is 90.7 Å². The molecule has 0 aromatic carbocycles. The summed E-state index contributed by atoms with van der Waals surface area (Å²) in [5.41, 5.74) is 1.68. The average molecular weight is 350 g/mol. The number of nitrogens with zero attached hydrogens (tertiary/aromatic N) is 2. The molecule has 0 N–H and O–H groups in total. The second-order valence-corrected chi connectivity index (χ2v) is 5.41. The quantitative estimate of drug-likeness (QED) is 0.846. The number of methoxy groups -OCH3 is 2. The van der Waals surface area contributed by atoms with E-state index in [4.69, 9.17) is 18.3 Å². The summed E-state index contributed by atoms with van der Waals surface area (Å²) >= 11 is 0. The maximum Gasteiger partial charge on any atom is 0.261 e. The predicted octanol–water partition coefficient (Wildman–Crippen LogP) is 3.02. The highest BCUT2D eigenvalue weighted by atomic mass is 16.5. The van der Waals surface area contributed by atoms with Crippen molar-refractivity contribution in [3.05, 3.63) is 83.4 Å². The zero-order valence-electron chi connectivity index (χ0n) is 14.1. The van der Waals surface area contributed by atoms with Crippen molar-refractivity contribution in [2.24, 2.45) is 9.98 Å². The Balaban J connectivity index is 1.89. The molecule has 2 aliphatic rings. The van der Waals surface area contributed by atoms with Gasteiger partial charge < -0.3 is 18.3 Å². The summed E-state index contributed by atoms with van der Waals surface area (Å²) in [5, 5.41) is 0. The SMILES string of the molecule is COC1=CC(=C2N=C(c3ccco3)C(c3ccco3)=N2)C=C(OC)C1=O. The van der Waals surface area contributed by atoms with E-state index in [2.05, 4.69) is 9.98 Å². The van der Waals surface area contributed by atoms with Crippen molar-refractivity contribution < 1.29 is 23.1 Å². The summed E-state index contributed by atoms with van der Waals surface area (Å²) in [6, 6.07) is 7.13. The maximum atomic E-state index is 12.1. The van der Waals surface area contributed by atoms with Crippen LogP contribution in [0.5, 0.6) is 0 Å². The lowest BCUT2D eigenvalue weighted by Gasteiger charge is -2.13. The standard InChI is InChI=1S/C19H14N2O5/c1-23-14-9-11(10-15(24-2)18(14)22)19-20-16(12-5-3-7-25-12)17(21-19)13-6-4-8-26-13/h3-10H,1-2H3. The van der Waals surface area contributed by atoms with Crippen molar-refractivity contribution in [3.63, 3.8) is 0 Å². The molecule has 26 heavy (non-hydrogen) atoms. The number of rotatable bonds is 4. The molecule has 4 rings (SSSR count). The van der Waals surface area contributed by atoms with Crippen LogP contribution < -0.4 is 0 Å². The molecule has 2 aromatic heterocycles. The van der Waals surface area contributed by atoms with E-state index in [9.17, 15) is 4.79 Å². The van der Waals surface area contributed by atoms with E-state index in [-0.39, 0.29) is 17.3 Å². The number of furan rings is 2. The van der Waals surface area contributed by atoms with Crippen molar-refractivity contribution in [2.75, 3.05) is 14.2 Å². The third-order valence-electron chi connectivity index (χ3n) is 3.89. The zero-order chi connectivity index (χ0) is 18.1. The normalized spacial score (nSPS) is 16.9. The fraction of sp³-hybridized carbons (Fsp3) is 0.105. The molecule has 2 aromatic rings. The minimum atomic E-state index is -0.331. The Morgan fingerprint density at radius 1 is 0.846 bits per heavy atom. The molecule has 0 saturated carbocycles.